The van der Waals surface area contributed by atoms with E-state index in [2.05, 4.69) is 0 Å². The number of hydrogen-bond donors (Lipinski definition) is 1. The molecule has 4 heteroatoms. The fraction of sp³-hybridized carbons (Fsp3) is 0.875. The highest BCUT2D eigenvalue weighted by molar-refractivity contribution is 5.02. The van der Waals surface area contributed by atoms with Gasteiger partial charge in [0, 0.05) is 12.8 Å². The first-order chi connectivity index (χ1) is 5.54. The van der Waals surface area contributed by atoms with Crippen LogP contribution in [0.5, 0.6) is 0 Å². The van der Waals surface area contributed by atoms with Crippen molar-refractivity contribution >= 4 is 0 Å². The van der Waals surface area contributed by atoms with Crippen LogP contribution in [-0.2, 0) is 0 Å². The van der Waals surface area contributed by atoms with Gasteiger partial charge in [-0.25, -0.2) is 8.78 Å². The molecule has 0 aliphatic heterocycles. The molecule has 1 fully saturated rings. The van der Waals surface area contributed by atoms with Gasteiger partial charge in [-0.15, -0.1) is 0 Å². The van der Waals surface area contributed by atoms with Crippen molar-refractivity contribution in [3.8, 4) is 6.07 Å². The predicted molar refractivity (Wildman–Crippen MR) is 38.5 cm³/mol. The smallest absolute Gasteiger partial charge is 0.248 e. The molecule has 1 aliphatic rings. The summed E-state index contributed by atoms with van der Waals surface area (Å²) in [5.41, 5.74) is -0.901. The van der Waals surface area contributed by atoms with Crippen LogP contribution in [0.3, 0.4) is 0 Å². The highest BCUT2D eigenvalue weighted by Gasteiger charge is 2.43. The van der Waals surface area contributed by atoms with Crippen molar-refractivity contribution < 1.29 is 13.9 Å². The molecule has 0 bridgehead atoms. The fourth-order valence-corrected chi connectivity index (χ4v) is 1.40. The molecular weight excluding hydrogens is 164 g/mol. The molecule has 0 atom stereocenters. The number of nitriles is 1. The van der Waals surface area contributed by atoms with Crippen molar-refractivity contribution in [1.82, 2.24) is 0 Å². The zero-order valence-electron chi connectivity index (χ0n) is 6.69. The van der Waals surface area contributed by atoms with Gasteiger partial charge < -0.3 is 5.11 Å². The van der Waals surface area contributed by atoms with Crippen molar-refractivity contribution in [2.75, 3.05) is 6.61 Å². The van der Waals surface area contributed by atoms with E-state index in [9.17, 15) is 8.78 Å². The van der Waals surface area contributed by atoms with Gasteiger partial charge >= 0.3 is 0 Å². The highest BCUT2D eigenvalue weighted by Crippen LogP contribution is 2.42. The number of aliphatic hydroxyl groups is 1. The van der Waals surface area contributed by atoms with Gasteiger partial charge in [0.05, 0.1) is 18.1 Å². The minimum atomic E-state index is -2.63. The Morgan fingerprint density at radius 3 is 2.08 bits per heavy atom. The number of nitrogens with zero attached hydrogens (tertiary/aromatic N) is 1. The number of halogens is 2. The third-order valence-corrected chi connectivity index (χ3v) is 2.48. The van der Waals surface area contributed by atoms with E-state index >= 15 is 0 Å². The second-order valence-electron chi connectivity index (χ2n) is 3.41. The van der Waals surface area contributed by atoms with Crippen LogP contribution in [-0.4, -0.2) is 17.6 Å². The second kappa shape index (κ2) is 2.98. The van der Waals surface area contributed by atoms with Gasteiger partial charge in [-0.2, -0.15) is 5.26 Å². The first-order valence-electron chi connectivity index (χ1n) is 3.94. The molecule has 1 rings (SSSR count). The van der Waals surface area contributed by atoms with Crippen molar-refractivity contribution in [3.05, 3.63) is 0 Å². The van der Waals surface area contributed by atoms with E-state index in [4.69, 9.17) is 10.4 Å². The molecular formula is C8H11F2NO. The largest absolute Gasteiger partial charge is 0.395 e. The number of hydrogen-bond acceptors (Lipinski definition) is 2. The average molecular weight is 175 g/mol. The molecule has 0 saturated heterocycles. The Morgan fingerprint density at radius 2 is 1.75 bits per heavy atom. The first-order valence-corrected chi connectivity index (χ1v) is 3.94. The van der Waals surface area contributed by atoms with Crippen LogP contribution >= 0.6 is 0 Å². The molecule has 0 aromatic carbocycles. The third kappa shape index (κ3) is 1.72. The summed E-state index contributed by atoms with van der Waals surface area (Å²) < 4.78 is 25.3. The molecule has 0 amide bonds. The summed E-state index contributed by atoms with van der Waals surface area (Å²) in [5, 5.41) is 17.5. The van der Waals surface area contributed by atoms with Gasteiger partial charge in [-0.3, -0.25) is 0 Å². The van der Waals surface area contributed by atoms with Gasteiger partial charge in [-0.1, -0.05) is 0 Å². The van der Waals surface area contributed by atoms with Crippen LogP contribution in [0, 0.1) is 16.7 Å². The van der Waals surface area contributed by atoms with Crippen molar-refractivity contribution in [2.45, 2.75) is 31.6 Å². The fourth-order valence-electron chi connectivity index (χ4n) is 1.40. The van der Waals surface area contributed by atoms with Crippen LogP contribution in [0.15, 0.2) is 0 Å². The normalized spacial score (nSPS) is 26.2. The van der Waals surface area contributed by atoms with Crippen LogP contribution < -0.4 is 0 Å². The Hall–Kier alpha value is -0.690. The Morgan fingerprint density at radius 1 is 1.25 bits per heavy atom. The lowest BCUT2D eigenvalue weighted by Gasteiger charge is -2.33. The van der Waals surface area contributed by atoms with Crippen molar-refractivity contribution in [2.24, 2.45) is 5.41 Å². The van der Waals surface area contributed by atoms with Crippen molar-refractivity contribution in [1.29, 1.82) is 5.26 Å². The SMILES string of the molecule is N#CC1(CO)CCC(F)(F)CC1. The molecule has 0 aromatic heterocycles. The zero-order chi connectivity index (χ0) is 9.24. The predicted octanol–water partition coefficient (Wildman–Crippen LogP) is 1.70. The van der Waals surface area contributed by atoms with E-state index in [1.165, 1.54) is 0 Å². The molecule has 1 aliphatic carbocycles. The Bertz CT molecular complexity index is 200. The Labute approximate surface area is 69.8 Å². The summed E-state index contributed by atoms with van der Waals surface area (Å²) in [6.07, 6.45) is -0.345. The van der Waals surface area contributed by atoms with E-state index < -0.39 is 11.3 Å². The van der Waals surface area contributed by atoms with E-state index in [0.29, 0.717) is 0 Å². The number of aliphatic hydroxyl groups excluding tert-OH is 1. The quantitative estimate of drug-likeness (QED) is 0.659. The maximum absolute atomic E-state index is 12.6. The molecule has 1 saturated carbocycles. The lowest BCUT2D eigenvalue weighted by molar-refractivity contribution is -0.0644. The summed E-state index contributed by atoms with van der Waals surface area (Å²) in [6, 6.07) is 1.92. The minimum absolute atomic E-state index is 0.104. The molecule has 0 heterocycles. The summed E-state index contributed by atoms with van der Waals surface area (Å²) >= 11 is 0. The molecule has 0 aromatic rings. The Balaban J connectivity index is 2.61. The second-order valence-corrected chi connectivity index (χ2v) is 3.41. The van der Waals surface area contributed by atoms with E-state index in [-0.39, 0.29) is 32.3 Å². The monoisotopic (exact) mass is 175 g/mol. The minimum Gasteiger partial charge on any atom is -0.395 e. The van der Waals surface area contributed by atoms with Gasteiger partial charge in [-0.05, 0) is 12.8 Å². The van der Waals surface area contributed by atoms with Gasteiger partial charge in [0.15, 0.2) is 0 Å². The van der Waals surface area contributed by atoms with Gasteiger partial charge in [0.1, 0.15) is 0 Å². The van der Waals surface area contributed by atoms with E-state index in [0.717, 1.165) is 0 Å². The van der Waals surface area contributed by atoms with E-state index in [1.54, 1.807) is 0 Å². The van der Waals surface area contributed by atoms with Gasteiger partial charge in [0.2, 0.25) is 5.92 Å². The molecule has 1 N–H and O–H groups in total. The maximum Gasteiger partial charge on any atom is 0.248 e. The summed E-state index contributed by atoms with van der Waals surface area (Å²) in [4.78, 5) is 0. The lowest BCUT2D eigenvalue weighted by Crippen LogP contribution is -2.34. The topological polar surface area (TPSA) is 44.0 Å². The lowest BCUT2D eigenvalue weighted by atomic mass is 9.74. The average Bonchev–Trinajstić information content (AvgIpc) is 2.06. The van der Waals surface area contributed by atoms with Crippen molar-refractivity contribution in [3.63, 3.8) is 0 Å². The Kier molecular flexibility index (Phi) is 2.34. The van der Waals surface area contributed by atoms with E-state index in [1.807, 2.05) is 6.07 Å². The van der Waals surface area contributed by atoms with Crippen LogP contribution in [0.25, 0.3) is 0 Å². The maximum atomic E-state index is 12.6. The summed E-state index contributed by atoms with van der Waals surface area (Å²) in [7, 11) is 0. The van der Waals surface area contributed by atoms with Crippen LogP contribution in [0.1, 0.15) is 25.7 Å². The zero-order valence-corrected chi connectivity index (χ0v) is 6.69. The molecule has 0 unspecified atom stereocenters. The molecule has 2 nitrogen and oxygen atoms in total. The number of alkyl halides is 2. The summed E-state index contributed by atoms with van der Waals surface area (Å²) in [6.45, 7) is -0.306. The van der Waals surface area contributed by atoms with Crippen LogP contribution in [0.4, 0.5) is 8.78 Å². The first kappa shape index (κ1) is 9.40. The highest BCUT2D eigenvalue weighted by atomic mass is 19.3. The molecule has 0 radical (unpaired) electrons. The molecule has 12 heavy (non-hydrogen) atoms. The van der Waals surface area contributed by atoms with Crippen LogP contribution in [0.2, 0.25) is 0 Å². The van der Waals surface area contributed by atoms with Gasteiger partial charge in [0.25, 0.3) is 0 Å². The molecule has 0 spiro atoms. The standard InChI is InChI=1S/C8H11F2NO/c9-8(10)3-1-7(5-11,6-12)2-4-8/h12H,1-4,6H2. The third-order valence-electron chi connectivity index (χ3n) is 2.48. The molecule has 68 valence electrons. The summed E-state index contributed by atoms with van der Waals surface area (Å²) in [5.74, 6) is -2.63. The number of rotatable bonds is 1.